The fourth-order valence-corrected chi connectivity index (χ4v) is 3.57. The first-order chi connectivity index (χ1) is 9.43. The molecule has 0 saturated heterocycles. The third kappa shape index (κ3) is 1.71. The van der Waals surface area contributed by atoms with Crippen LogP contribution in [-0.4, -0.2) is 25.4 Å². The number of benzene rings is 1. The first-order valence-corrected chi connectivity index (χ1v) is 7.82. The Hall–Kier alpha value is -1.95. The summed E-state index contributed by atoms with van der Waals surface area (Å²) in [6, 6.07) is 7.37. The molecule has 0 N–H and O–H groups in total. The zero-order valence-corrected chi connectivity index (χ0v) is 12.3. The van der Waals surface area contributed by atoms with Gasteiger partial charge in [-0.15, -0.1) is 0 Å². The summed E-state index contributed by atoms with van der Waals surface area (Å²) in [6.07, 6.45) is 1.42. The molecule has 0 unspecified atom stereocenters. The van der Waals surface area contributed by atoms with E-state index >= 15 is 0 Å². The van der Waals surface area contributed by atoms with Gasteiger partial charge in [-0.25, -0.2) is 18.4 Å². The summed E-state index contributed by atoms with van der Waals surface area (Å²) in [5.74, 6) is 0.799. The molecule has 0 fully saturated rings. The fraction of sp³-hybridized carbons (Fsp3) is 0.286. The molecule has 0 spiro atoms. The van der Waals surface area contributed by atoms with Gasteiger partial charge in [0, 0.05) is 18.5 Å². The molecule has 5 nitrogen and oxygen atoms in total. The van der Waals surface area contributed by atoms with Gasteiger partial charge in [0.2, 0.25) is 0 Å². The van der Waals surface area contributed by atoms with Crippen molar-refractivity contribution in [1.82, 2.24) is 9.97 Å². The van der Waals surface area contributed by atoms with Crippen molar-refractivity contribution in [2.24, 2.45) is 0 Å². The molecule has 1 aromatic heterocycles. The number of sulfonamides is 1. The summed E-state index contributed by atoms with van der Waals surface area (Å²) in [5, 5.41) is 0. The maximum Gasteiger partial charge on any atom is 0.267 e. The maximum atomic E-state index is 12.5. The molecule has 0 atom stereocenters. The highest BCUT2D eigenvalue weighted by molar-refractivity contribution is 7.93. The number of nitrogens with zero attached hydrogens (tertiary/aromatic N) is 3. The summed E-state index contributed by atoms with van der Waals surface area (Å²) in [5.41, 5.74) is 1.97. The van der Waals surface area contributed by atoms with Crippen LogP contribution >= 0.6 is 0 Å². The number of para-hydroxylation sites is 1. The lowest BCUT2D eigenvalue weighted by molar-refractivity contribution is 0.592. The SMILES string of the molecule is CC(C)c1ncc2c(n1)-c1ccccc1N(C)S2(=O)=O. The van der Waals surface area contributed by atoms with E-state index in [0.717, 1.165) is 5.56 Å². The predicted molar refractivity (Wildman–Crippen MR) is 77.1 cm³/mol. The van der Waals surface area contributed by atoms with E-state index in [-0.39, 0.29) is 10.8 Å². The normalized spacial score (nSPS) is 15.9. The first-order valence-electron chi connectivity index (χ1n) is 6.38. The van der Waals surface area contributed by atoms with E-state index in [0.29, 0.717) is 17.2 Å². The van der Waals surface area contributed by atoms with Crippen molar-refractivity contribution in [3.63, 3.8) is 0 Å². The lowest BCUT2D eigenvalue weighted by Crippen LogP contribution is -2.31. The Morgan fingerprint density at radius 3 is 2.60 bits per heavy atom. The van der Waals surface area contributed by atoms with E-state index in [4.69, 9.17) is 0 Å². The molecule has 6 heteroatoms. The summed E-state index contributed by atoms with van der Waals surface area (Å²) < 4.78 is 26.3. The molecule has 1 aliphatic heterocycles. The average Bonchev–Trinajstić information content (AvgIpc) is 2.44. The molecule has 2 heterocycles. The van der Waals surface area contributed by atoms with Crippen molar-refractivity contribution < 1.29 is 8.42 Å². The number of hydrogen-bond donors (Lipinski definition) is 0. The second-order valence-corrected chi connectivity index (χ2v) is 7.02. The topological polar surface area (TPSA) is 63.2 Å². The van der Waals surface area contributed by atoms with Gasteiger partial charge in [-0.2, -0.15) is 0 Å². The van der Waals surface area contributed by atoms with E-state index in [1.165, 1.54) is 10.5 Å². The molecule has 1 aromatic carbocycles. The Morgan fingerprint density at radius 2 is 1.90 bits per heavy atom. The summed E-state index contributed by atoms with van der Waals surface area (Å²) in [7, 11) is -2.02. The van der Waals surface area contributed by atoms with Crippen LogP contribution in [0.25, 0.3) is 11.3 Å². The Balaban J connectivity index is 2.37. The van der Waals surface area contributed by atoms with E-state index in [1.54, 1.807) is 13.1 Å². The standard InChI is InChI=1S/C14H15N3O2S/c1-9(2)14-15-8-12-13(16-14)10-6-4-5-7-11(10)17(3)20(12,18)19/h4-9H,1-3H3. The minimum atomic E-state index is -3.57. The third-order valence-corrected chi connectivity index (χ3v) is 5.20. The van der Waals surface area contributed by atoms with Crippen LogP contribution < -0.4 is 4.31 Å². The van der Waals surface area contributed by atoms with E-state index < -0.39 is 10.0 Å². The Bertz CT molecular complexity index is 785. The van der Waals surface area contributed by atoms with Crippen molar-refractivity contribution in [2.75, 3.05) is 11.4 Å². The highest BCUT2D eigenvalue weighted by Crippen LogP contribution is 2.40. The zero-order chi connectivity index (χ0) is 14.5. The monoisotopic (exact) mass is 289 g/mol. The molecular formula is C14H15N3O2S. The summed E-state index contributed by atoms with van der Waals surface area (Å²) in [6.45, 7) is 3.97. The second-order valence-electron chi connectivity index (χ2n) is 5.09. The zero-order valence-electron chi connectivity index (χ0n) is 11.5. The van der Waals surface area contributed by atoms with Gasteiger partial charge in [-0.1, -0.05) is 32.0 Å². The van der Waals surface area contributed by atoms with E-state index in [9.17, 15) is 8.42 Å². The lowest BCUT2D eigenvalue weighted by atomic mass is 10.1. The quantitative estimate of drug-likeness (QED) is 0.808. The average molecular weight is 289 g/mol. The number of anilines is 1. The van der Waals surface area contributed by atoms with Crippen LogP contribution in [-0.2, 0) is 10.0 Å². The lowest BCUT2D eigenvalue weighted by Gasteiger charge is -2.28. The molecule has 0 radical (unpaired) electrons. The van der Waals surface area contributed by atoms with Crippen LogP contribution in [0.2, 0.25) is 0 Å². The van der Waals surface area contributed by atoms with Crippen LogP contribution in [0, 0.1) is 0 Å². The smallest absolute Gasteiger partial charge is 0.267 e. The van der Waals surface area contributed by atoms with Gasteiger partial charge in [-0.05, 0) is 6.07 Å². The Kier molecular flexibility index (Phi) is 2.79. The van der Waals surface area contributed by atoms with Crippen molar-refractivity contribution in [3.05, 3.63) is 36.3 Å². The number of rotatable bonds is 1. The molecule has 0 amide bonds. The minimum Gasteiger partial charge on any atom is -0.269 e. The Morgan fingerprint density at radius 1 is 1.20 bits per heavy atom. The summed E-state index contributed by atoms with van der Waals surface area (Å²) >= 11 is 0. The molecule has 20 heavy (non-hydrogen) atoms. The molecule has 0 saturated carbocycles. The van der Waals surface area contributed by atoms with Gasteiger partial charge in [0.25, 0.3) is 10.0 Å². The number of fused-ring (bicyclic) bond motifs is 3. The van der Waals surface area contributed by atoms with Gasteiger partial charge < -0.3 is 0 Å². The largest absolute Gasteiger partial charge is 0.269 e. The molecule has 0 bridgehead atoms. The van der Waals surface area contributed by atoms with Gasteiger partial charge in [0.15, 0.2) is 0 Å². The molecule has 2 aromatic rings. The van der Waals surface area contributed by atoms with Gasteiger partial charge in [0.05, 0.1) is 17.6 Å². The molecule has 104 valence electrons. The van der Waals surface area contributed by atoms with Crippen LogP contribution in [0.5, 0.6) is 0 Å². The minimum absolute atomic E-state index is 0.148. The van der Waals surface area contributed by atoms with Crippen molar-refractivity contribution >= 4 is 15.7 Å². The third-order valence-electron chi connectivity index (χ3n) is 3.43. The van der Waals surface area contributed by atoms with Crippen molar-refractivity contribution in [1.29, 1.82) is 0 Å². The van der Waals surface area contributed by atoms with E-state index in [2.05, 4.69) is 9.97 Å². The first kappa shape index (κ1) is 13.1. The highest BCUT2D eigenvalue weighted by atomic mass is 32.2. The van der Waals surface area contributed by atoms with Gasteiger partial charge in [-0.3, -0.25) is 4.31 Å². The molecule has 0 aliphatic carbocycles. The van der Waals surface area contributed by atoms with Crippen LogP contribution in [0.3, 0.4) is 0 Å². The summed E-state index contributed by atoms with van der Waals surface area (Å²) in [4.78, 5) is 8.81. The van der Waals surface area contributed by atoms with Crippen molar-refractivity contribution in [3.8, 4) is 11.3 Å². The van der Waals surface area contributed by atoms with Crippen LogP contribution in [0.15, 0.2) is 35.4 Å². The van der Waals surface area contributed by atoms with Crippen molar-refractivity contribution in [2.45, 2.75) is 24.7 Å². The highest BCUT2D eigenvalue weighted by Gasteiger charge is 2.34. The number of hydrogen-bond acceptors (Lipinski definition) is 4. The molecule has 3 rings (SSSR count). The van der Waals surface area contributed by atoms with Gasteiger partial charge in [0.1, 0.15) is 10.7 Å². The van der Waals surface area contributed by atoms with Crippen LogP contribution in [0.1, 0.15) is 25.6 Å². The fourth-order valence-electron chi connectivity index (χ4n) is 2.27. The molecular weight excluding hydrogens is 274 g/mol. The predicted octanol–water partition coefficient (Wildman–Crippen LogP) is 2.41. The molecule has 1 aliphatic rings. The Labute approximate surface area is 118 Å². The second kappa shape index (κ2) is 4.28. The van der Waals surface area contributed by atoms with Gasteiger partial charge >= 0.3 is 0 Å². The number of aromatic nitrogens is 2. The van der Waals surface area contributed by atoms with Crippen LogP contribution in [0.4, 0.5) is 5.69 Å². The maximum absolute atomic E-state index is 12.5. The van der Waals surface area contributed by atoms with E-state index in [1.807, 2.05) is 32.0 Å².